The minimum Gasteiger partial charge on any atom is -0.382 e. The molecular formula is C22H15ClF2N6. The number of nitrogens with one attached hydrogen (secondary N) is 1. The van der Waals surface area contributed by atoms with E-state index in [0.29, 0.717) is 44.2 Å². The zero-order valence-corrected chi connectivity index (χ0v) is 17.0. The Balaban J connectivity index is 1.79. The zero-order chi connectivity index (χ0) is 21.7. The maximum absolute atomic E-state index is 14.5. The maximum Gasteiger partial charge on any atom is 0.183 e. The molecule has 0 saturated heterocycles. The first-order valence-electron chi connectivity index (χ1n) is 9.43. The molecule has 0 aliphatic rings. The van der Waals surface area contributed by atoms with E-state index in [1.165, 1.54) is 30.6 Å². The summed E-state index contributed by atoms with van der Waals surface area (Å²) in [5.74, 6) is -0.716. The first kappa shape index (κ1) is 19.3. The van der Waals surface area contributed by atoms with Crippen LogP contribution in [0, 0.1) is 11.6 Å². The highest BCUT2D eigenvalue weighted by Crippen LogP contribution is 2.37. The molecule has 31 heavy (non-hydrogen) atoms. The predicted molar refractivity (Wildman–Crippen MR) is 116 cm³/mol. The van der Waals surface area contributed by atoms with E-state index in [9.17, 15) is 8.78 Å². The molecule has 0 aliphatic carbocycles. The third-order valence-corrected chi connectivity index (χ3v) is 5.52. The van der Waals surface area contributed by atoms with Gasteiger partial charge in [-0.1, -0.05) is 30.7 Å². The summed E-state index contributed by atoms with van der Waals surface area (Å²) in [7, 11) is 0. The number of halogens is 3. The molecule has 6 nitrogen and oxygen atoms in total. The number of fused-ring (bicyclic) bond motifs is 2. The Kier molecular flexibility index (Phi) is 4.51. The highest BCUT2D eigenvalue weighted by atomic mass is 35.5. The Hall–Kier alpha value is -3.65. The van der Waals surface area contributed by atoms with Gasteiger partial charge in [-0.15, -0.1) is 0 Å². The lowest BCUT2D eigenvalue weighted by atomic mass is 9.93. The summed E-state index contributed by atoms with van der Waals surface area (Å²) in [4.78, 5) is 20.5. The van der Waals surface area contributed by atoms with Crippen molar-refractivity contribution in [3.05, 3.63) is 76.8 Å². The molecule has 3 heterocycles. The molecule has 0 saturated carbocycles. The van der Waals surface area contributed by atoms with Crippen LogP contribution in [0.5, 0.6) is 0 Å². The minimum atomic E-state index is -0.482. The third kappa shape index (κ3) is 3.25. The number of nitrogens with zero attached hydrogens (tertiary/aromatic N) is 4. The molecule has 5 aromatic rings. The predicted octanol–water partition coefficient (Wildman–Crippen LogP) is 5.23. The normalized spacial score (nSPS) is 12.5. The van der Waals surface area contributed by atoms with Gasteiger partial charge in [-0.3, -0.25) is 0 Å². The lowest BCUT2D eigenvalue weighted by Crippen LogP contribution is -2.08. The minimum absolute atomic E-state index is 0.164. The summed E-state index contributed by atoms with van der Waals surface area (Å²) in [6.45, 7) is 1.87. The zero-order valence-electron chi connectivity index (χ0n) is 16.2. The van der Waals surface area contributed by atoms with E-state index in [1.807, 2.05) is 6.92 Å². The number of aromatic nitrogens is 5. The first-order chi connectivity index (χ1) is 14.9. The summed E-state index contributed by atoms with van der Waals surface area (Å²) in [6.07, 6.45) is 1.49. The number of benzene rings is 2. The van der Waals surface area contributed by atoms with Crippen molar-refractivity contribution in [2.24, 2.45) is 0 Å². The van der Waals surface area contributed by atoms with Crippen LogP contribution in [0.4, 0.5) is 14.6 Å². The molecular weight excluding hydrogens is 422 g/mol. The highest BCUT2D eigenvalue weighted by molar-refractivity contribution is 6.33. The largest absolute Gasteiger partial charge is 0.382 e. The molecule has 0 bridgehead atoms. The van der Waals surface area contributed by atoms with Crippen molar-refractivity contribution in [2.75, 3.05) is 5.73 Å². The van der Waals surface area contributed by atoms with Crippen LogP contribution in [-0.4, -0.2) is 24.9 Å². The van der Waals surface area contributed by atoms with Crippen molar-refractivity contribution in [1.82, 2.24) is 24.9 Å². The second kappa shape index (κ2) is 7.24. The number of pyridine rings is 1. The van der Waals surface area contributed by atoms with Crippen molar-refractivity contribution >= 4 is 39.5 Å². The number of imidazole rings is 1. The molecule has 0 fully saturated rings. The van der Waals surface area contributed by atoms with Gasteiger partial charge in [-0.05, 0) is 35.9 Å². The second-order valence-corrected chi connectivity index (χ2v) is 7.56. The van der Waals surface area contributed by atoms with Gasteiger partial charge >= 0.3 is 0 Å². The number of para-hydroxylation sites is 1. The summed E-state index contributed by atoms with van der Waals surface area (Å²) in [5.41, 5.74) is 8.55. The quantitative estimate of drug-likeness (QED) is 0.403. The van der Waals surface area contributed by atoms with Crippen LogP contribution in [0.1, 0.15) is 24.2 Å². The Labute approximate surface area is 180 Å². The van der Waals surface area contributed by atoms with Gasteiger partial charge in [0, 0.05) is 16.9 Å². The van der Waals surface area contributed by atoms with E-state index < -0.39 is 17.6 Å². The number of H-pyrrole nitrogens is 1. The van der Waals surface area contributed by atoms with Crippen molar-refractivity contribution in [1.29, 1.82) is 0 Å². The molecule has 154 valence electrons. The van der Waals surface area contributed by atoms with E-state index in [0.717, 1.165) is 0 Å². The molecule has 0 amide bonds. The van der Waals surface area contributed by atoms with Crippen LogP contribution in [0.25, 0.3) is 33.3 Å². The van der Waals surface area contributed by atoms with Crippen LogP contribution >= 0.6 is 11.6 Å². The van der Waals surface area contributed by atoms with E-state index in [1.54, 1.807) is 18.2 Å². The Morgan fingerprint density at radius 1 is 1.06 bits per heavy atom. The highest BCUT2D eigenvalue weighted by Gasteiger charge is 2.23. The molecule has 0 radical (unpaired) electrons. The fourth-order valence-electron chi connectivity index (χ4n) is 3.61. The van der Waals surface area contributed by atoms with Crippen LogP contribution in [0.2, 0.25) is 5.02 Å². The van der Waals surface area contributed by atoms with E-state index in [4.69, 9.17) is 17.3 Å². The van der Waals surface area contributed by atoms with Gasteiger partial charge in [-0.2, -0.15) is 0 Å². The molecule has 2 aromatic carbocycles. The van der Waals surface area contributed by atoms with E-state index >= 15 is 0 Å². The van der Waals surface area contributed by atoms with Crippen LogP contribution < -0.4 is 5.73 Å². The monoisotopic (exact) mass is 436 g/mol. The SMILES string of the molecule is C[C@H](c1nc(N)c2[nH]cnc2n1)c1cc2cccc(F)c2nc1-c1cc(F)ccc1Cl. The van der Waals surface area contributed by atoms with Gasteiger partial charge < -0.3 is 10.7 Å². The summed E-state index contributed by atoms with van der Waals surface area (Å²) in [6, 6.07) is 10.5. The molecule has 3 N–H and O–H groups in total. The van der Waals surface area contributed by atoms with Gasteiger partial charge in [0.1, 0.15) is 28.5 Å². The number of nitrogen functional groups attached to an aromatic ring is 1. The van der Waals surface area contributed by atoms with Crippen LogP contribution in [0.15, 0.2) is 48.8 Å². The maximum atomic E-state index is 14.5. The number of hydrogen-bond acceptors (Lipinski definition) is 5. The fraction of sp³-hybridized carbons (Fsp3) is 0.0909. The van der Waals surface area contributed by atoms with Gasteiger partial charge in [-0.25, -0.2) is 28.7 Å². The first-order valence-corrected chi connectivity index (χ1v) is 9.81. The Morgan fingerprint density at radius 2 is 1.90 bits per heavy atom. The van der Waals surface area contributed by atoms with E-state index in [-0.39, 0.29) is 11.3 Å². The lowest BCUT2D eigenvalue weighted by Gasteiger charge is -2.17. The Morgan fingerprint density at radius 3 is 2.74 bits per heavy atom. The van der Waals surface area contributed by atoms with Gasteiger partial charge in [0.15, 0.2) is 11.5 Å². The molecule has 3 aromatic heterocycles. The fourth-order valence-corrected chi connectivity index (χ4v) is 3.82. The van der Waals surface area contributed by atoms with Crippen LogP contribution in [0.3, 0.4) is 0 Å². The molecule has 0 aliphatic heterocycles. The van der Waals surface area contributed by atoms with Crippen molar-refractivity contribution < 1.29 is 8.78 Å². The number of nitrogens with two attached hydrogens (primary N) is 1. The summed E-state index contributed by atoms with van der Waals surface area (Å²) in [5, 5.41) is 0.883. The number of rotatable bonds is 3. The number of anilines is 1. The van der Waals surface area contributed by atoms with Gasteiger partial charge in [0.25, 0.3) is 0 Å². The molecule has 9 heteroatoms. The topological polar surface area (TPSA) is 93.4 Å². The van der Waals surface area contributed by atoms with Gasteiger partial charge in [0.2, 0.25) is 0 Å². The third-order valence-electron chi connectivity index (χ3n) is 5.19. The van der Waals surface area contributed by atoms with Crippen LogP contribution in [-0.2, 0) is 0 Å². The smallest absolute Gasteiger partial charge is 0.183 e. The summed E-state index contributed by atoms with van der Waals surface area (Å²) >= 11 is 6.37. The van der Waals surface area contributed by atoms with Crippen molar-refractivity contribution in [2.45, 2.75) is 12.8 Å². The lowest BCUT2D eigenvalue weighted by molar-refractivity contribution is 0.628. The molecule has 0 spiro atoms. The van der Waals surface area contributed by atoms with Crippen molar-refractivity contribution in [3.8, 4) is 11.3 Å². The summed E-state index contributed by atoms with van der Waals surface area (Å²) < 4.78 is 28.5. The molecule has 1 atom stereocenters. The Bertz CT molecular complexity index is 1470. The van der Waals surface area contributed by atoms with E-state index in [2.05, 4.69) is 24.9 Å². The standard InChI is InChI=1S/C22H15ClF2N6/c1-10(21-30-20(26)19-22(31-21)28-9-27-19)13-7-11-3-2-4-16(25)17(11)29-18(13)14-8-12(24)5-6-15(14)23/h2-10H,1H3,(H3,26,27,28,30,31)/t10-/m0/s1. The average Bonchev–Trinajstić information content (AvgIpc) is 3.24. The van der Waals surface area contributed by atoms with Crippen molar-refractivity contribution in [3.63, 3.8) is 0 Å². The molecule has 5 rings (SSSR count). The second-order valence-electron chi connectivity index (χ2n) is 7.15. The number of aromatic amines is 1. The molecule has 0 unspecified atom stereocenters. The van der Waals surface area contributed by atoms with Gasteiger partial charge in [0.05, 0.1) is 17.0 Å². The number of hydrogen-bond donors (Lipinski definition) is 2. The average molecular weight is 437 g/mol.